The summed E-state index contributed by atoms with van der Waals surface area (Å²) in [7, 11) is 1.64. The number of unbranched alkanes of at least 4 members (excludes halogenated alkanes) is 1. The minimum Gasteiger partial charge on any atom is -0.385 e. The van der Waals surface area contributed by atoms with Gasteiger partial charge in [-0.3, -0.25) is 14.0 Å². The second-order valence-corrected chi connectivity index (χ2v) is 4.87. The number of carbonyl (C=O) groups excluding carboxylic acids is 1. The first kappa shape index (κ1) is 15.2. The molecular formula is C15H19N3O3. The molecule has 2 rings (SSSR count). The first-order valence-electron chi connectivity index (χ1n) is 6.88. The van der Waals surface area contributed by atoms with Gasteiger partial charge in [-0.2, -0.15) is 0 Å². The van der Waals surface area contributed by atoms with Crippen molar-refractivity contribution in [3.05, 3.63) is 46.0 Å². The van der Waals surface area contributed by atoms with Gasteiger partial charge in [0.05, 0.1) is 0 Å². The highest BCUT2D eigenvalue weighted by atomic mass is 16.5. The van der Waals surface area contributed by atoms with Crippen LogP contribution in [0.3, 0.4) is 0 Å². The van der Waals surface area contributed by atoms with Crippen LogP contribution in [0.25, 0.3) is 5.65 Å². The zero-order valence-electron chi connectivity index (χ0n) is 12.3. The van der Waals surface area contributed by atoms with Gasteiger partial charge >= 0.3 is 0 Å². The van der Waals surface area contributed by atoms with Crippen LogP contribution < -0.4 is 10.9 Å². The van der Waals surface area contributed by atoms with Crippen molar-refractivity contribution in [1.29, 1.82) is 0 Å². The fourth-order valence-electron chi connectivity index (χ4n) is 2.00. The molecule has 6 nitrogen and oxygen atoms in total. The van der Waals surface area contributed by atoms with Crippen LogP contribution in [-0.4, -0.2) is 35.6 Å². The molecule has 112 valence electrons. The number of aryl methyl sites for hydroxylation is 1. The Morgan fingerprint density at radius 3 is 3.00 bits per heavy atom. The second-order valence-electron chi connectivity index (χ2n) is 4.87. The monoisotopic (exact) mass is 289 g/mol. The lowest BCUT2D eigenvalue weighted by molar-refractivity contribution is 0.0949. The summed E-state index contributed by atoms with van der Waals surface area (Å²) in [5, 5.41) is 2.73. The van der Waals surface area contributed by atoms with Crippen molar-refractivity contribution in [3.8, 4) is 0 Å². The molecule has 0 saturated heterocycles. The van der Waals surface area contributed by atoms with Crippen LogP contribution in [-0.2, 0) is 4.74 Å². The molecule has 2 aromatic rings. The quantitative estimate of drug-likeness (QED) is 0.810. The lowest BCUT2D eigenvalue weighted by Crippen LogP contribution is -2.32. The Balaban J connectivity index is 2.11. The van der Waals surface area contributed by atoms with Crippen molar-refractivity contribution < 1.29 is 9.53 Å². The number of amides is 1. The maximum Gasteiger partial charge on any atom is 0.270 e. The molecule has 0 aliphatic carbocycles. The number of nitrogens with one attached hydrogen (secondary N) is 1. The molecular weight excluding hydrogens is 270 g/mol. The number of nitrogens with zero attached hydrogens (tertiary/aromatic N) is 2. The van der Waals surface area contributed by atoms with Crippen molar-refractivity contribution in [2.75, 3.05) is 20.3 Å². The molecule has 0 aromatic carbocycles. The number of hydrogen-bond acceptors (Lipinski definition) is 4. The lowest BCUT2D eigenvalue weighted by atomic mass is 10.2. The highest BCUT2D eigenvalue weighted by molar-refractivity contribution is 5.93. The summed E-state index contributed by atoms with van der Waals surface area (Å²) in [4.78, 5) is 28.4. The molecule has 0 atom stereocenters. The van der Waals surface area contributed by atoms with Gasteiger partial charge in [-0.05, 0) is 37.5 Å². The highest BCUT2D eigenvalue weighted by Gasteiger charge is 2.12. The molecule has 0 unspecified atom stereocenters. The number of carbonyl (C=O) groups is 1. The summed E-state index contributed by atoms with van der Waals surface area (Å²) in [6.07, 6.45) is 4.64. The Bertz CT molecular complexity index is 694. The van der Waals surface area contributed by atoms with E-state index in [9.17, 15) is 9.59 Å². The predicted octanol–water partition coefficient (Wildman–Crippen LogP) is 1.16. The minimum atomic E-state index is -0.389. The first-order valence-corrected chi connectivity index (χ1v) is 6.88. The molecule has 2 aromatic heterocycles. The Hall–Kier alpha value is -2.21. The topological polar surface area (TPSA) is 72.7 Å². The number of hydrogen-bond donors (Lipinski definition) is 1. The number of ether oxygens (including phenoxy) is 1. The number of methoxy groups -OCH3 is 1. The van der Waals surface area contributed by atoms with Crippen LogP contribution in [0, 0.1) is 6.92 Å². The summed E-state index contributed by atoms with van der Waals surface area (Å²) in [5.41, 5.74) is 1.26. The Morgan fingerprint density at radius 2 is 2.24 bits per heavy atom. The lowest BCUT2D eigenvalue weighted by Gasteiger charge is -2.06. The van der Waals surface area contributed by atoms with Gasteiger partial charge < -0.3 is 10.1 Å². The van der Waals surface area contributed by atoms with Gasteiger partial charge in [-0.1, -0.05) is 0 Å². The van der Waals surface area contributed by atoms with Crippen LogP contribution in [0.15, 0.2) is 29.3 Å². The van der Waals surface area contributed by atoms with E-state index in [1.807, 2.05) is 13.0 Å². The third kappa shape index (κ3) is 3.66. The number of pyridine rings is 1. The summed E-state index contributed by atoms with van der Waals surface area (Å²) in [6, 6.07) is 3.61. The molecule has 0 bridgehead atoms. The standard InChI is InChI=1S/C15H19N3O3/c1-11-5-7-18-13(9-11)17-10-12(15(18)20)14(19)16-6-3-4-8-21-2/h5,7,9-10H,3-4,6,8H2,1-2H3,(H,16,19). The molecule has 0 fully saturated rings. The van der Waals surface area contributed by atoms with E-state index in [4.69, 9.17) is 4.74 Å². The van der Waals surface area contributed by atoms with Crippen LogP contribution in [0.4, 0.5) is 0 Å². The van der Waals surface area contributed by atoms with Gasteiger partial charge in [0.1, 0.15) is 11.2 Å². The van der Waals surface area contributed by atoms with Gasteiger partial charge in [0.25, 0.3) is 11.5 Å². The van der Waals surface area contributed by atoms with Crippen LogP contribution in [0.1, 0.15) is 28.8 Å². The number of aromatic nitrogens is 2. The van der Waals surface area contributed by atoms with Crippen molar-refractivity contribution in [2.45, 2.75) is 19.8 Å². The van der Waals surface area contributed by atoms with E-state index in [0.29, 0.717) is 18.8 Å². The second kappa shape index (κ2) is 6.99. The zero-order chi connectivity index (χ0) is 15.2. The Kier molecular flexibility index (Phi) is 5.05. The third-order valence-electron chi connectivity index (χ3n) is 3.17. The molecule has 1 N–H and O–H groups in total. The van der Waals surface area contributed by atoms with Crippen molar-refractivity contribution in [2.24, 2.45) is 0 Å². The third-order valence-corrected chi connectivity index (χ3v) is 3.17. The van der Waals surface area contributed by atoms with Crippen molar-refractivity contribution >= 4 is 11.6 Å². The van der Waals surface area contributed by atoms with E-state index in [2.05, 4.69) is 10.3 Å². The molecule has 0 aliphatic heterocycles. The Labute approximate surface area is 122 Å². The maximum absolute atomic E-state index is 12.3. The first-order chi connectivity index (χ1) is 10.1. The average Bonchev–Trinajstić information content (AvgIpc) is 2.47. The van der Waals surface area contributed by atoms with Gasteiger partial charge in [-0.15, -0.1) is 0 Å². The van der Waals surface area contributed by atoms with Gasteiger partial charge in [-0.25, -0.2) is 4.98 Å². The van der Waals surface area contributed by atoms with Crippen molar-refractivity contribution in [1.82, 2.24) is 14.7 Å². The van der Waals surface area contributed by atoms with E-state index in [-0.39, 0.29) is 17.0 Å². The molecule has 2 heterocycles. The van der Waals surface area contributed by atoms with Gasteiger partial charge in [0.2, 0.25) is 0 Å². The van der Waals surface area contributed by atoms with E-state index in [0.717, 1.165) is 18.4 Å². The molecule has 0 radical (unpaired) electrons. The summed E-state index contributed by atoms with van der Waals surface area (Å²) < 4.78 is 6.32. The summed E-state index contributed by atoms with van der Waals surface area (Å²) in [6.45, 7) is 3.10. The number of rotatable bonds is 6. The van der Waals surface area contributed by atoms with E-state index >= 15 is 0 Å². The van der Waals surface area contributed by atoms with E-state index in [1.54, 1.807) is 19.4 Å². The van der Waals surface area contributed by atoms with Crippen LogP contribution >= 0.6 is 0 Å². The predicted molar refractivity (Wildman–Crippen MR) is 79.6 cm³/mol. The molecule has 0 saturated carbocycles. The van der Waals surface area contributed by atoms with Crippen molar-refractivity contribution in [3.63, 3.8) is 0 Å². The van der Waals surface area contributed by atoms with Gasteiger partial charge in [0.15, 0.2) is 0 Å². The van der Waals surface area contributed by atoms with Crippen LogP contribution in [0.2, 0.25) is 0 Å². The molecule has 6 heteroatoms. The largest absolute Gasteiger partial charge is 0.385 e. The average molecular weight is 289 g/mol. The smallest absolute Gasteiger partial charge is 0.270 e. The van der Waals surface area contributed by atoms with E-state index < -0.39 is 0 Å². The SMILES string of the molecule is COCCCCNC(=O)c1cnc2cc(C)ccn2c1=O. The zero-order valence-corrected chi connectivity index (χ0v) is 12.3. The summed E-state index contributed by atoms with van der Waals surface area (Å²) in [5.74, 6) is -0.389. The highest BCUT2D eigenvalue weighted by Crippen LogP contribution is 2.02. The molecule has 0 aliphatic rings. The molecule has 21 heavy (non-hydrogen) atoms. The number of fused-ring (bicyclic) bond motifs is 1. The minimum absolute atomic E-state index is 0.0584. The molecule has 0 spiro atoms. The normalized spacial score (nSPS) is 10.8. The fourth-order valence-corrected chi connectivity index (χ4v) is 2.00. The van der Waals surface area contributed by atoms with Gasteiger partial charge in [0, 0.05) is 32.7 Å². The van der Waals surface area contributed by atoms with Crippen LogP contribution in [0.5, 0.6) is 0 Å². The summed E-state index contributed by atoms with van der Waals surface area (Å²) >= 11 is 0. The Morgan fingerprint density at radius 1 is 1.43 bits per heavy atom. The van der Waals surface area contributed by atoms with E-state index in [1.165, 1.54) is 10.6 Å². The molecule has 1 amide bonds. The maximum atomic E-state index is 12.3. The fraction of sp³-hybridized carbons (Fsp3) is 0.400.